The fourth-order valence-electron chi connectivity index (χ4n) is 2.69. The molecule has 0 aliphatic carbocycles. The van der Waals surface area contributed by atoms with E-state index in [4.69, 9.17) is 0 Å². The molecule has 1 aliphatic rings. The number of rotatable bonds is 0. The normalized spacial score (nSPS) is 32.9. The zero-order chi connectivity index (χ0) is 11.8. The van der Waals surface area contributed by atoms with Crippen LogP contribution in [0.5, 0.6) is 0 Å². The van der Waals surface area contributed by atoms with E-state index in [1.54, 1.807) is 4.90 Å². The van der Waals surface area contributed by atoms with Gasteiger partial charge >= 0.3 is 6.09 Å². The third-order valence-corrected chi connectivity index (χ3v) is 2.96. The molecule has 0 aromatic rings. The van der Waals surface area contributed by atoms with E-state index in [9.17, 15) is 9.90 Å². The first kappa shape index (κ1) is 12.3. The van der Waals surface area contributed by atoms with Gasteiger partial charge in [-0.1, -0.05) is 20.8 Å². The van der Waals surface area contributed by atoms with Crippen molar-refractivity contribution in [1.82, 2.24) is 10.2 Å². The molecule has 0 spiro atoms. The molecule has 15 heavy (non-hydrogen) atoms. The highest BCUT2D eigenvalue weighted by Gasteiger charge is 2.41. The van der Waals surface area contributed by atoms with Crippen molar-refractivity contribution in [3.63, 3.8) is 0 Å². The van der Waals surface area contributed by atoms with E-state index in [2.05, 4.69) is 33.0 Å². The molecule has 1 amide bonds. The number of carboxylic acid groups (broad SMARTS) is 1. The lowest BCUT2D eigenvalue weighted by atomic mass is 9.80. The molecule has 4 heteroatoms. The maximum Gasteiger partial charge on any atom is 0.407 e. The van der Waals surface area contributed by atoms with Crippen LogP contribution in [0.2, 0.25) is 0 Å². The van der Waals surface area contributed by atoms with E-state index in [-0.39, 0.29) is 23.5 Å². The second-order valence-electron chi connectivity index (χ2n) is 5.60. The summed E-state index contributed by atoms with van der Waals surface area (Å²) in [5.74, 6) is 0. The first-order valence-corrected chi connectivity index (χ1v) is 5.49. The average Bonchev–Trinajstić information content (AvgIpc) is 1.99. The smallest absolute Gasteiger partial charge is 0.407 e. The summed E-state index contributed by atoms with van der Waals surface area (Å²) in [5.41, 5.74) is -0.0368. The summed E-state index contributed by atoms with van der Waals surface area (Å²) in [6.07, 6.45) is -0.810. The van der Waals surface area contributed by atoms with Crippen LogP contribution in [0, 0.1) is 5.41 Å². The van der Waals surface area contributed by atoms with Crippen molar-refractivity contribution >= 4 is 6.09 Å². The van der Waals surface area contributed by atoms with E-state index in [1.165, 1.54) is 0 Å². The molecule has 3 atom stereocenters. The van der Waals surface area contributed by atoms with Crippen molar-refractivity contribution < 1.29 is 9.90 Å². The minimum Gasteiger partial charge on any atom is -0.465 e. The Balaban J connectivity index is 2.93. The molecular weight excluding hydrogens is 192 g/mol. The second-order valence-corrected chi connectivity index (χ2v) is 5.60. The van der Waals surface area contributed by atoms with Gasteiger partial charge in [0.05, 0.1) is 6.04 Å². The van der Waals surface area contributed by atoms with Crippen LogP contribution in [0.15, 0.2) is 0 Å². The average molecular weight is 214 g/mol. The predicted octanol–water partition coefficient (Wildman–Crippen LogP) is 1.76. The van der Waals surface area contributed by atoms with E-state index in [1.807, 2.05) is 6.92 Å². The summed E-state index contributed by atoms with van der Waals surface area (Å²) < 4.78 is 0. The van der Waals surface area contributed by atoms with Gasteiger partial charge in [0, 0.05) is 18.6 Å². The Morgan fingerprint density at radius 2 is 1.93 bits per heavy atom. The Morgan fingerprint density at radius 1 is 1.40 bits per heavy atom. The van der Waals surface area contributed by atoms with Gasteiger partial charge in [-0.3, -0.25) is 0 Å². The molecule has 1 unspecified atom stereocenters. The van der Waals surface area contributed by atoms with Crippen LogP contribution in [0.1, 0.15) is 34.6 Å². The third-order valence-electron chi connectivity index (χ3n) is 2.96. The van der Waals surface area contributed by atoms with Gasteiger partial charge in [-0.05, 0) is 19.3 Å². The van der Waals surface area contributed by atoms with Gasteiger partial charge in [-0.15, -0.1) is 0 Å². The molecule has 88 valence electrons. The van der Waals surface area contributed by atoms with Crippen molar-refractivity contribution in [3.8, 4) is 0 Å². The molecule has 1 saturated heterocycles. The first-order chi connectivity index (χ1) is 6.73. The van der Waals surface area contributed by atoms with Crippen LogP contribution in [-0.4, -0.2) is 40.8 Å². The summed E-state index contributed by atoms with van der Waals surface area (Å²) in [6.45, 7) is 10.9. The molecule has 2 N–H and O–H groups in total. The summed E-state index contributed by atoms with van der Waals surface area (Å²) in [5, 5.41) is 12.6. The lowest BCUT2D eigenvalue weighted by Gasteiger charge is -2.48. The summed E-state index contributed by atoms with van der Waals surface area (Å²) in [7, 11) is 0. The molecule has 1 heterocycles. The standard InChI is InChI=1S/C11H22N2O2/c1-7-6-13(10(14)15)9(8(2)12-7)11(3,4)5/h7-9,12H,6H2,1-5H3,(H,14,15)/t7-,8+,9?/m1/s1. The Morgan fingerprint density at radius 3 is 2.33 bits per heavy atom. The van der Waals surface area contributed by atoms with E-state index >= 15 is 0 Å². The zero-order valence-electron chi connectivity index (χ0n) is 10.2. The minimum absolute atomic E-state index is 0.0335. The quantitative estimate of drug-likeness (QED) is 0.646. The number of nitrogens with one attached hydrogen (secondary N) is 1. The number of hydrogen-bond acceptors (Lipinski definition) is 2. The largest absolute Gasteiger partial charge is 0.465 e. The number of piperazine rings is 1. The first-order valence-electron chi connectivity index (χ1n) is 5.49. The monoisotopic (exact) mass is 214 g/mol. The van der Waals surface area contributed by atoms with Gasteiger partial charge in [0.25, 0.3) is 0 Å². The zero-order valence-corrected chi connectivity index (χ0v) is 10.2. The minimum atomic E-state index is -0.810. The van der Waals surface area contributed by atoms with Crippen LogP contribution in [0.4, 0.5) is 4.79 Å². The molecule has 0 radical (unpaired) electrons. The Kier molecular flexibility index (Phi) is 3.28. The van der Waals surface area contributed by atoms with Gasteiger partial charge in [-0.2, -0.15) is 0 Å². The van der Waals surface area contributed by atoms with Crippen LogP contribution in [0.25, 0.3) is 0 Å². The number of nitrogens with zero attached hydrogens (tertiary/aromatic N) is 1. The molecule has 1 rings (SSSR count). The highest BCUT2D eigenvalue weighted by atomic mass is 16.4. The number of amides is 1. The van der Waals surface area contributed by atoms with Crippen molar-refractivity contribution in [2.24, 2.45) is 5.41 Å². The molecule has 1 fully saturated rings. The maximum absolute atomic E-state index is 11.2. The fraction of sp³-hybridized carbons (Fsp3) is 0.909. The van der Waals surface area contributed by atoms with Gasteiger partial charge in [-0.25, -0.2) is 4.79 Å². The molecule has 0 saturated carbocycles. The molecule has 0 aromatic carbocycles. The van der Waals surface area contributed by atoms with Gasteiger partial charge in [0.1, 0.15) is 0 Å². The SMILES string of the molecule is C[C@@H]1CN(C(=O)O)C(C(C)(C)C)[C@H](C)N1. The highest BCUT2D eigenvalue weighted by molar-refractivity contribution is 5.66. The van der Waals surface area contributed by atoms with Crippen molar-refractivity contribution in [2.45, 2.75) is 52.7 Å². The summed E-state index contributed by atoms with van der Waals surface area (Å²) in [6, 6.07) is 0.464. The van der Waals surface area contributed by atoms with E-state index in [0.717, 1.165) is 0 Å². The maximum atomic E-state index is 11.2. The van der Waals surface area contributed by atoms with Crippen LogP contribution in [-0.2, 0) is 0 Å². The van der Waals surface area contributed by atoms with Gasteiger partial charge in [0.15, 0.2) is 0 Å². The molecule has 0 bridgehead atoms. The van der Waals surface area contributed by atoms with Gasteiger partial charge < -0.3 is 15.3 Å². The fourth-order valence-corrected chi connectivity index (χ4v) is 2.69. The third kappa shape index (κ3) is 2.62. The van der Waals surface area contributed by atoms with Crippen molar-refractivity contribution in [1.29, 1.82) is 0 Å². The van der Waals surface area contributed by atoms with Crippen molar-refractivity contribution in [3.05, 3.63) is 0 Å². The lowest BCUT2D eigenvalue weighted by molar-refractivity contribution is 0.0327. The summed E-state index contributed by atoms with van der Waals surface area (Å²) in [4.78, 5) is 12.8. The topological polar surface area (TPSA) is 52.6 Å². The van der Waals surface area contributed by atoms with Crippen LogP contribution < -0.4 is 5.32 Å². The summed E-state index contributed by atoms with van der Waals surface area (Å²) >= 11 is 0. The molecule has 1 aliphatic heterocycles. The van der Waals surface area contributed by atoms with E-state index in [0.29, 0.717) is 6.54 Å². The second kappa shape index (κ2) is 4.00. The number of hydrogen-bond donors (Lipinski definition) is 2. The lowest BCUT2D eigenvalue weighted by Crippen LogP contribution is -2.65. The predicted molar refractivity (Wildman–Crippen MR) is 60.0 cm³/mol. The van der Waals surface area contributed by atoms with Gasteiger partial charge in [0.2, 0.25) is 0 Å². The number of carbonyl (C=O) groups is 1. The molecule has 0 aromatic heterocycles. The molecular formula is C11H22N2O2. The van der Waals surface area contributed by atoms with Crippen LogP contribution >= 0.6 is 0 Å². The Labute approximate surface area is 91.6 Å². The molecule has 4 nitrogen and oxygen atoms in total. The highest BCUT2D eigenvalue weighted by Crippen LogP contribution is 2.29. The van der Waals surface area contributed by atoms with Crippen LogP contribution in [0.3, 0.4) is 0 Å². The Bertz CT molecular complexity index is 247. The van der Waals surface area contributed by atoms with Crippen molar-refractivity contribution in [2.75, 3.05) is 6.54 Å². The Hall–Kier alpha value is -0.770. The van der Waals surface area contributed by atoms with E-state index < -0.39 is 6.09 Å².